The number of ether oxygens (including phenoxy) is 2. The molecule has 0 saturated heterocycles. The molecule has 14 nitrogen and oxygen atoms in total. The van der Waals surface area contributed by atoms with E-state index in [1.54, 1.807) is 12.2 Å². The van der Waals surface area contributed by atoms with E-state index in [9.17, 15) is 33.8 Å². The second-order valence-corrected chi connectivity index (χ2v) is 16.8. The van der Waals surface area contributed by atoms with Crippen LogP contribution in [0.15, 0.2) is 85.1 Å². The minimum Gasteiger partial charge on any atom is -0.462 e. The summed E-state index contributed by atoms with van der Waals surface area (Å²) in [5.41, 5.74) is 0. The highest BCUT2D eigenvalue weighted by atomic mass is 31.2. The van der Waals surface area contributed by atoms with Crippen LogP contribution >= 0.6 is 15.6 Å². The molecule has 0 spiro atoms. The van der Waals surface area contributed by atoms with Gasteiger partial charge in [0.1, 0.15) is 12.7 Å². The molecule has 0 amide bonds. The molecule has 16 heteroatoms. The Kier molecular flexibility index (Phi) is 37.3. The summed E-state index contributed by atoms with van der Waals surface area (Å²) in [6.07, 6.45) is 40.5. The van der Waals surface area contributed by atoms with Gasteiger partial charge in [-0.25, -0.2) is 9.13 Å². The van der Waals surface area contributed by atoms with Crippen molar-refractivity contribution in [2.75, 3.05) is 26.4 Å². The molecule has 0 aromatic rings. The number of hydrogen-bond acceptors (Lipinski definition) is 11. The maximum absolute atomic E-state index is 12.7. The van der Waals surface area contributed by atoms with Crippen molar-refractivity contribution in [2.24, 2.45) is 0 Å². The Labute approximate surface area is 359 Å². The molecule has 0 bridgehead atoms. The fourth-order valence-electron chi connectivity index (χ4n) is 5.10. The van der Waals surface area contributed by atoms with Crippen LogP contribution in [0.2, 0.25) is 0 Å². The number of phosphoric ester groups is 2. The lowest BCUT2D eigenvalue weighted by atomic mass is 10.1. The average Bonchev–Trinajstić information content (AvgIpc) is 3.20. The van der Waals surface area contributed by atoms with Crippen molar-refractivity contribution in [1.82, 2.24) is 0 Å². The summed E-state index contributed by atoms with van der Waals surface area (Å²) in [5, 5.41) is 20.1. The highest BCUT2D eigenvalue weighted by Gasteiger charge is 2.28. The zero-order valence-corrected chi connectivity index (χ0v) is 37.7. The summed E-state index contributed by atoms with van der Waals surface area (Å²) in [6.45, 7) is 1.33. The van der Waals surface area contributed by atoms with Gasteiger partial charge < -0.3 is 34.4 Å². The van der Waals surface area contributed by atoms with Crippen molar-refractivity contribution < 1.29 is 66.7 Å². The van der Waals surface area contributed by atoms with Crippen molar-refractivity contribution in [3.8, 4) is 0 Å². The molecule has 0 aromatic heterocycles. The van der Waals surface area contributed by atoms with E-state index in [0.29, 0.717) is 12.8 Å². The smallest absolute Gasteiger partial charge is 0.462 e. The van der Waals surface area contributed by atoms with E-state index in [1.807, 2.05) is 12.2 Å². The van der Waals surface area contributed by atoms with Crippen LogP contribution in [0, 0.1) is 0 Å². The fourth-order valence-corrected chi connectivity index (χ4v) is 6.25. The molecular formula is C44H74O14P2. The second-order valence-electron chi connectivity index (χ2n) is 14.1. The van der Waals surface area contributed by atoms with Crippen molar-refractivity contribution >= 4 is 27.6 Å². The van der Waals surface area contributed by atoms with Crippen LogP contribution in [0.1, 0.15) is 136 Å². The van der Waals surface area contributed by atoms with Crippen LogP contribution in [-0.4, -0.2) is 81.6 Å². The molecule has 0 saturated carbocycles. The first-order valence-corrected chi connectivity index (χ1v) is 24.4. The molecule has 60 heavy (non-hydrogen) atoms. The van der Waals surface area contributed by atoms with Gasteiger partial charge in [0, 0.05) is 12.8 Å². The van der Waals surface area contributed by atoms with Crippen molar-refractivity contribution in [3.05, 3.63) is 85.1 Å². The fraction of sp³-hybridized carbons (Fsp3) is 0.636. The van der Waals surface area contributed by atoms with Crippen molar-refractivity contribution in [1.29, 1.82) is 0 Å². The number of aliphatic hydroxyl groups is 2. The van der Waals surface area contributed by atoms with Crippen LogP contribution in [0.3, 0.4) is 0 Å². The number of esters is 2. The van der Waals surface area contributed by atoms with Crippen LogP contribution in [0.5, 0.6) is 0 Å². The third kappa shape index (κ3) is 42.0. The number of unbranched alkanes of at least 4 members (excludes halogenated alkanes) is 9. The van der Waals surface area contributed by atoms with E-state index < -0.39 is 72.3 Å². The van der Waals surface area contributed by atoms with Gasteiger partial charge in [-0.2, -0.15) is 0 Å². The van der Waals surface area contributed by atoms with E-state index in [-0.39, 0.29) is 19.3 Å². The van der Waals surface area contributed by atoms with Crippen LogP contribution < -0.4 is 0 Å². The topological polar surface area (TPSA) is 216 Å². The first-order chi connectivity index (χ1) is 28.8. The second kappa shape index (κ2) is 39.1. The molecule has 0 radical (unpaired) electrons. The molecule has 5 N–H and O–H groups in total. The summed E-state index contributed by atoms with van der Waals surface area (Å²) in [7, 11) is -9.77. The summed E-state index contributed by atoms with van der Waals surface area (Å²) in [4.78, 5) is 52.7. The SMILES string of the molecule is CC/C=C\C/C=C\C/C=C\C/C=C\C/C=C\C=C/C(O)CCC(=O)O[C@H](COC(=O)CCCCCCC/C=C\CCCCCC)COP(=O)(O)OC[C@@H](O)COP(=O)(O)O. The van der Waals surface area contributed by atoms with E-state index in [2.05, 4.69) is 77.6 Å². The number of rotatable bonds is 39. The quantitative estimate of drug-likeness (QED) is 0.0128. The van der Waals surface area contributed by atoms with Crippen molar-refractivity contribution in [2.45, 2.75) is 154 Å². The van der Waals surface area contributed by atoms with Crippen LogP contribution in [0.4, 0.5) is 0 Å². The van der Waals surface area contributed by atoms with Gasteiger partial charge in [-0.3, -0.25) is 23.2 Å². The van der Waals surface area contributed by atoms with E-state index in [0.717, 1.165) is 64.2 Å². The maximum atomic E-state index is 12.7. The Bertz CT molecular complexity index is 1400. The minimum absolute atomic E-state index is 0.0128. The molecule has 0 heterocycles. The number of allylic oxidation sites excluding steroid dienone is 13. The normalized spacial score (nSPS) is 15.4. The molecule has 0 aromatic carbocycles. The molecule has 0 aliphatic rings. The Morgan fingerprint density at radius 3 is 1.70 bits per heavy atom. The number of carbonyl (C=O) groups is 2. The summed E-state index contributed by atoms with van der Waals surface area (Å²) >= 11 is 0. The first kappa shape index (κ1) is 57.3. The molecule has 0 aliphatic heterocycles. The first-order valence-electron chi connectivity index (χ1n) is 21.4. The van der Waals surface area contributed by atoms with Gasteiger partial charge in [-0.15, -0.1) is 0 Å². The number of carbonyl (C=O) groups excluding carboxylic acids is 2. The van der Waals surface area contributed by atoms with Crippen LogP contribution in [0.25, 0.3) is 0 Å². The predicted molar refractivity (Wildman–Crippen MR) is 236 cm³/mol. The van der Waals surface area contributed by atoms with Gasteiger partial charge in [-0.1, -0.05) is 137 Å². The monoisotopic (exact) mass is 888 g/mol. The third-order valence-corrected chi connectivity index (χ3v) is 9.81. The molecule has 2 unspecified atom stereocenters. The van der Waals surface area contributed by atoms with Gasteiger partial charge >= 0.3 is 27.6 Å². The predicted octanol–water partition coefficient (Wildman–Crippen LogP) is 9.75. The van der Waals surface area contributed by atoms with Gasteiger partial charge in [0.05, 0.1) is 25.9 Å². The van der Waals surface area contributed by atoms with E-state index >= 15 is 0 Å². The minimum atomic E-state index is -4.89. The van der Waals surface area contributed by atoms with Gasteiger partial charge in [0.2, 0.25) is 0 Å². The molecule has 0 fully saturated rings. The lowest BCUT2D eigenvalue weighted by Crippen LogP contribution is -2.30. The van der Waals surface area contributed by atoms with Crippen molar-refractivity contribution in [3.63, 3.8) is 0 Å². The number of phosphoric acid groups is 2. The maximum Gasteiger partial charge on any atom is 0.472 e. The van der Waals surface area contributed by atoms with Gasteiger partial charge in [0.25, 0.3) is 0 Å². The Hall–Kier alpha value is -2.74. The largest absolute Gasteiger partial charge is 0.472 e. The highest BCUT2D eigenvalue weighted by Crippen LogP contribution is 2.43. The Morgan fingerprint density at radius 1 is 0.567 bits per heavy atom. The zero-order chi connectivity index (χ0) is 44.6. The zero-order valence-electron chi connectivity index (χ0n) is 35.9. The Balaban J connectivity index is 4.80. The van der Waals surface area contributed by atoms with Gasteiger partial charge in [0.15, 0.2) is 6.10 Å². The third-order valence-electron chi connectivity index (χ3n) is 8.38. The molecule has 0 aliphatic carbocycles. The lowest BCUT2D eigenvalue weighted by molar-refractivity contribution is -0.161. The molecule has 0 rings (SSSR count). The summed E-state index contributed by atoms with van der Waals surface area (Å²) in [6, 6.07) is 0. The number of hydrogen-bond donors (Lipinski definition) is 5. The summed E-state index contributed by atoms with van der Waals surface area (Å²) in [5.74, 6) is -1.33. The lowest BCUT2D eigenvalue weighted by Gasteiger charge is -2.20. The van der Waals surface area contributed by atoms with E-state index in [4.69, 9.17) is 23.8 Å². The molecule has 344 valence electrons. The summed E-state index contributed by atoms with van der Waals surface area (Å²) < 4.78 is 47.5. The number of aliphatic hydroxyl groups excluding tert-OH is 2. The molecule has 4 atom stereocenters. The van der Waals surface area contributed by atoms with Crippen LogP contribution in [-0.2, 0) is 41.8 Å². The molecular weight excluding hydrogens is 814 g/mol. The Morgan fingerprint density at radius 2 is 1.10 bits per heavy atom. The average molecular weight is 889 g/mol. The standard InChI is InChI=1S/C44H74O14P2/c1-3-5-7-9-11-13-15-17-18-19-21-22-24-26-28-30-32-40(45)34-35-44(48)58-42(39-57-60(52,53)56-37-41(46)36-55-59(49,50)51)38-54-43(47)33-31-29-27-25-23-20-16-14-12-10-8-6-4-2/h5,7,11,13-14,16-18,21-22,26,28,30,32,40-42,45-46H,3-4,6,8-10,12,15,19-20,23-25,27,29,31,33-39H2,1-2H3,(H,52,53)(H2,49,50,51)/b7-5-,13-11-,16-14-,18-17-,22-21-,28-26-,32-30-/t40?,41-,42+/m0/s1. The van der Waals surface area contributed by atoms with Gasteiger partial charge in [-0.05, 0) is 70.6 Å². The van der Waals surface area contributed by atoms with E-state index in [1.165, 1.54) is 31.8 Å². The highest BCUT2D eigenvalue weighted by molar-refractivity contribution is 7.47.